The van der Waals surface area contributed by atoms with Gasteiger partial charge in [0.15, 0.2) is 0 Å². The minimum Gasteiger partial charge on any atom is -0.464 e. The summed E-state index contributed by atoms with van der Waals surface area (Å²) in [4.78, 5) is 26.7. The number of ketones is 1. The fourth-order valence-corrected chi connectivity index (χ4v) is 3.11. The van der Waals surface area contributed by atoms with Gasteiger partial charge in [-0.3, -0.25) is 9.59 Å². The maximum Gasteiger partial charge on any atom is 0.317 e. The molecule has 2 rings (SSSR count). The van der Waals surface area contributed by atoms with Gasteiger partial charge in [0.1, 0.15) is 17.8 Å². The van der Waals surface area contributed by atoms with E-state index < -0.39 is 5.41 Å². The molecule has 4 nitrogen and oxygen atoms in total. The predicted octanol–water partition coefficient (Wildman–Crippen LogP) is 2.56. The monoisotopic (exact) mass is 303 g/mol. The van der Waals surface area contributed by atoms with Crippen LogP contribution >= 0.6 is 0 Å². The summed E-state index contributed by atoms with van der Waals surface area (Å²) in [6.45, 7) is 7.17. The third-order valence-electron chi connectivity index (χ3n) is 4.58. The summed E-state index contributed by atoms with van der Waals surface area (Å²) in [5.74, 6) is -0.110. The van der Waals surface area contributed by atoms with Gasteiger partial charge >= 0.3 is 5.97 Å². The molecular weight excluding hydrogens is 278 g/mol. The SMILES string of the molecule is CCN(CC)CCOC(=O)C1(c2ccccc2)CCC(=O)C1. The van der Waals surface area contributed by atoms with Crippen LogP contribution in [0.25, 0.3) is 0 Å². The topological polar surface area (TPSA) is 46.6 Å². The summed E-state index contributed by atoms with van der Waals surface area (Å²) in [6.07, 6.45) is 1.28. The van der Waals surface area contributed by atoms with Gasteiger partial charge < -0.3 is 9.64 Å². The van der Waals surface area contributed by atoms with Gasteiger partial charge in [-0.2, -0.15) is 0 Å². The van der Waals surface area contributed by atoms with Gasteiger partial charge in [-0.1, -0.05) is 44.2 Å². The molecule has 1 aromatic rings. The van der Waals surface area contributed by atoms with Gasteiger partial charge in [-0.25, -0.2) is 0 Å². The standard InChI is InChI=1S/C18H25NO3/c1-3-19(4-2)12-13-22-17(21)18(11-10-16(20)14-18)15-8-6-5-7-9-15/h5-9H,3-4,10-14H2,1-2H3. The maximum absolute atomic E-state index is 12.7. The Balaban J connectivity index is 2.07. The van der Waals surface area contributed by atoms with E-state index in [-0.39, 0.29) is 18.2 Å². The van der Waals surface area contributed by atoms with Crippen molar-refractivity contribution in [3.8, 4) is 0 Å². The zero-order valence-electron chi connectivity index (χ0n) is 13.5. The molecule has 1 aromatic carbocycles. The van der Waals surface area contributed by atoms with E-state index in [1.807, 2.05) is 30.3 Å². The van der Waals surface area contributed by atoms with Crippen LogP contribution in [-0.2, 0) is 19.7 Å². The fourth-order valence-electron chi connectivity index (χ4n) is 3.11. The van der Waals surface area contributed by atoms with Gasteiger partial charge in [0, 0.05) is 19.4 Å². The highest BCUT2D eigenvalue weighted by Crippen LogP contribution is 2.40. The molecule has 1 saturated carbocycles. The lowest BCUT2D eigenvalue weighted by Crippen LogP contribution is -2.37. The lowest BCUT2D eigenvalue weighted by atomic mass is 9.79. The van der Waals surface area contributed by atoms with Crippen molar-refractivity contribution in [1.29, 1.82) is 0 Å². The summed E-state index contributed by atoms with van der Waals surface area (Å²) in [5.41, 5.74) is 0.121. The smallest absolute Gasteiger partial charge is 0.317 e. The second-order valence-electron chi connectivity index (χ2n) is 5.83. The highest BCUT2D eigenvalue weighted by Gasteiger charge is 2.47. The van der Waals surface area contributed by atoms with E-state index >= 15 is 0 Å². The molecule has 1 aliphatic rings. The number of benzene rings is 1. The largest absolute Gasteiger partial charge is 0.464 e. The first-order valence-corrected chi connectivity index (χ1v) is 8.09. The number of nitrogens with zero attached hydrogens (tertiary/aromatic N) is 1. The zero-order valence-corrected chi connectivity index (χ0v) is 13.5. The molecule has 1 atom stereocenters. The molecule has 1 unspecified atom stereocenters. The molecule has 0 saturated heterocycles. The molecule has 22 heavy (non-hydrogen) atoms. The Bertz CT molecular complexity index is 510. The summed E-state index contributed by atoms with van der Waals surface area (Å²) in [5, 5.41) is 0. The van der Waals surface area contributed by atoms with Gasteiger partial charge in [0.2, 0.25) is 0 Å². The molecule has 0 aromatic heterocycles. The lowest BCUT2D eigenvalue weighted by molar-refractivity contribution is -0.151. The van der Waals surface area contributed by atoms with E-state index in [0.717, 1.165) is 25.2 Å². The Morgan fingerprint density at radius 3 is 2.45 bits per heavy atom. The normalized spacial score (nSPS) is 21.3. The molecule has 0 aliphatic heterocycles. The van der Waals surface area contributed by atoms with E-state index in [4.69, 9.17) is 4.74 Å². The van der Waals surface area contributed by atoms with E-state index in [0.29, 0.717) is 19.4 Å². The number of carbonyl (C=O) groups is 2. The minimum absolute atomic E-state index is 0.143. The molecule has 0 heterocycles. The first kappa shape index (κ1) is 16.7. The van der Waals surface area contributed by atoms with Crippen molar-refractivity contribution in [1.82, 2.24) is 4.90 Å². The Kier molecular flexibility index (Phi) is 5.72. The van der Waals surface area contributed by atoms with Crippen molar-refractivity contribution in [2.24, 2.45) is 0 Å². The molecule has 1 fully saturated rings. The van der Waals surface area contributed by atoms with Crippen molar-refractivity contribution in [2.45, 2.75) is 38.5 Å². The number of ether oxygens (including phenoxy) is 1. The third-order valence-corrected chi connectivity index (χ3v) is 4.58. The second kappa shape index (κ2) is 7.54. The third kappa shape index (κ3) is 3.55. The minimum atomic E-state index is -0.776. The van der Waals surface area contributed by atoms with Crippen LogP contribution in [0.1, 0.15) is 38.7 Å². The molecule has 0 amide bonds. The Hall–Kier alpha value is -1.68. The number of hydrogen-bond donors (Lipinski definition) is 0. The van der Waals surface area contributed by atoms with Gasteiger partial charge in [0.25, 0.3) is 0 Å². The first-order chi connectivity index (χ1) is 10.6. The highest BCUT2D eigenvalue weighted by atomic mass is 16.5. The van der Waals surface area contributed by atoms with Gasteiger partial charge in [-0.05, 0) is 25.1 Å². The van der Waals surface area contributed by atoms with Crippen LogP contribution in [0.5, 0.6) is 0 Å². The summed E-state index contributed by atoms with van der Waals surface area (Å²) >= 11 is 0. The van der Waals surface area contributed by atoms with Crippen molar-refractivity contribution in [3.63, 3.8) is 0 Å². The Morgan fingerprint density at radius 2 is 1.91 bits per heavy atom. The Morgan fingerprint density at radius 1 is 1.23 bits per heavy atom. The lowest BCUT2D eigenvalue weighted by Gasteiger charge is -2.27. The van der Waals surface area contributed by atoms with Crippen molar-refractivity contribution >= 4 is 11.8 Å². The van der Waals surface area contributed by atoms with Crippen LogP contribution in [0.15, 0.2) is 30.3 Å². The summed E-state index contributed by atoms with van der Waals surface area (Å²) in [7, 11) is 0. The van der Waals surface area contributed by atoms with Crippen LogP contribution in [0, 0.1) is 0 Å². The van der Waals surface area contributed by atoms with Crippen LogP contribution in [0.4, 0.5) is 0 Å². The molecule has 0 bridgehead atoms. The average Bonchev–Trinajstić information content (AvgIpc) is 2.95. The molecule has 4 heteroatoms. The van der Waals surface area contributed by atoms with Crippen LogP contribution < -0.4 is 0 Å². The number of carbonyl (C=O) groups excluding carboxylic acids is 2. The number of rotatable bonds is 7. The van der Waals surface area contributed by atoms with Crippen LogP contribution in [0.3, 0.4) is 0 Å². The number of likely N-dealkylation sites (N-methyl/N-ethyl adjacent to an activating group) is 1. The number of esters is 1. The predicted molar refractivity (Wildman–Crippen MR) is 85.7 cm³/mol. The van der Waals surface area contributed by atoms with Crippen LogP contribution in [-0.4, -0.2) is 42.9 Å². The van der Waals surface area contributed by atoms with Crippen molar-refractivity contribution in [2.75, 3.05) is 26.2 Å². The number of hydrogen-bond acceptors (Lipinski definition) is 4. The fraction of sp³-hybridized carbons (Fsp3) is 0.556. The summed E-state index contributed by atoms with van der Waals surface area (Å²) in [6, 6.07) is 9.57. The molecule has 0 radical (unpaired) electrons. The zero-order chi connectivity index (χ0) is 16.0. The molecular formula is C18H25NO3. The highest BCUT2D eigenvalue weighted by molar-refractivity contribution is 5.94. The second-order valence-corrected chi connectivity index (χ2v) is 5.83. The molecule has 0 spiro atoms. The van der Waals surface area contributed by atoms with E-state index in [1.165, 1.54) is 0 Å². The maximum atomic E-state index is 12.7. The van der Waals surface area contributed by atoms with E-state index in [9.17, 15) is 9.59 Å². The van der Waals surface area contributed by atoms with Crippen LogP contribution in [0.2, 0.25) is 0 Å². The van der Waals surface area contributed by atoms with Crippen molar-refractivity contribution in [3.05, 3.63) is 35.9 Å². The van der Waals surface area contributed by atoms with Gasteiger partial charge in [0.05, 0.1) is 0 Å². The Labute approximate surface area is 132 Å². The molecule has 0 N–H and O–H groups in total. The van der Waals surface area contributed by atoms with Crippen molar-refractivity contribution < 1.29 is 14.3 Å². The quantitative estimate of drug-likeness (QED) is 0.726. The molecule has 120 valence electrons. The van der Waals surface area contributed by atoms with E-state index in [1.54, 1.807) is 0 Å². The first-order valence-electron chi connectivity index (χ1n) is 8.09. The average molecular weight is 303 g/mol. The van der Waals surface area contributed by atoms with E-state index in [2.05, 4.69) is 18.7 Å². The number of Topliss-reactive ketones (excluding diaryl/α,β-unsaturated/α-hetero) is 1. The summed E-state index contributed by atoms with van der Waals surface area (Å²) < 4.78 is 5.53. The molecule has 1 aliphatic carbocycles. The van der Waals surface area contributed by atoms with Gasteiger partial charge in [-0.15, -0.1) is 0 Å².